The lowest BCUT2D eigenvalue weighted by molar-refractivity contribution is 0.0822. The van der Waals surface area contributed by atoms with Crippen molar-refractivity contribution >= 4 is 10.9 Å². The van der Waals surface area contributed by atoms with Gasteiger partial charge in [-0.25, -0.2) is 4.39 Å². The van der Waals surface area contributed by atoms with E-state index < -0.39 is 0 Å². The molecule has 2 unspecified atom stereocenters. The van der Waals surface area contributed by atoms with Gasteiger partial charge in [-0.3, -0.25) is 0 Å². The quantitative estimate of drug-likeness (QED) is 0.433. The fraction of sp³-hybridized carbons (Fsp3) is 0.310. The zero-order chi connectivity index (χ0) is 22.4. The molecule has 3 aromatic carbocycles. The molecule has 2 heterocycles. The Labute approximate surface area is 193 Å². The van der Waals surface area contributed by atoms with E-state index in [1.807, 2.05) is 24.3 Å². The van der Waals surface area contributed by atoms with Crippen LogP contribution in [0.5, 0.6) is 5.75 Å². The topological polar surface area (TPSA) is 39.3 Å². The summed E-state index contributed by atoms with van der Waals surface area (Å²) >= 11 is 0. The second kappa shape index (κ2) is 8.03. The van der Waals surface area contributed by atoms with E-state index in [2.05, 4.69) is 46.3 Å². The summed E-state index contributed by atoms with van der Waals surface area (Å²) in [5.74, 6) is 0.556. The third kappa shape index (κ3) is 3.53. The van der Waals surface area contributed by atoms with Crippen molar-refractivity contribution in [3.05, 3.63) is 101 Å². The van der Waals surface area contributed by atoms with Crippen molar-refractivity contribution in [1.82, 2.24) is 9.88 Å². The van der Waals surface area contributed by atoms with Crippen molar-refractivity contribution in [2.24, 2.45) is 5.92 Å². The van der Waals surface area contributed by atoms with Crippen LogP contribution in [0.4, 0.5) is 4.39 Å². The number of nitrogens with zero attached hydrogens (tertiary/aromatic N) is 1. The van der Waals surface area contributed by atoms with Crippen molar-refractivity contribution in [1.29, 1.82) is 0 Å². The summed E-state index contributed by atoms with van der Waals surface area (Å²) in [6.45, 7) is 3.10. The Kier molecular flexibility index (Phi) is 4.99. The monoisotopic (exact) mass is 440 g/mol. The van der Waals surface area contributed by atoms with Gasteiger partial charge in [0.25, 0.3) is 0 Å². The van der Waals surface area contributed by atoms with E-state index in [-0.39, 0.29) is 11.2 Å². The molecule has 4 heteroatoms. The van der Waals surface area contributed by atoms with Gasteiger partial charge in [0.1, 0.15) is 11.6 Å². The van der Waals surface area contributed by atoms with Gasteiger partial charge in [0.05, 0.1) is 5.52 Å². The van der Waals surface area contributed by atoms with Crippen LogP contribution in [-0.2, 0) is 24.7 Å². The molecule has 1 aliphatic heterocycles. The lowest BCUT2D eigenvalue weighted by atomic mass is 9.58. The van der Waals surface area contributed by atoms with Crippen LogP contribution in [0, 0.1) is 11.7 Å². The van der Waals surface area contributed by atoms with Crippen molar-refractivity contribution in [3.8, 4) is 5.75 Å². The maximum absolute atomic E-state index is 14.6. The van der Waals surface area contributed by atoms with Crippen LogP contribution >= 0.6 is 0 Å². The van der Waals surface area contributed by atoms with Gasteiger partial charge in [-0.15, -0.1) is 0 Å². The van der Waals surface area contributed by atoms with Crippen LogP contribution < -0.4 is 0 Å². The lowest BCUT2D eigenvalue weighted by Gasteiger charge is -2.51. The molecule has 0 bridgehead atoms. The molecule has 6 rings (SSSR count). The van der Waals surface area contributed by atoms with E-state index >= 15 is 0 Å². The minimum absolute atomic E-state index is 0.0493. The minimum atomic E-state index is -0.180. The van der Waals surface area contributed by atoms with Gasteiger partial charge in [0, 0.05) is 29.6 Å². The van der Waals surface area contributed by atoms with Gasteiger partial charge in [0.15, 0.2) is 0 Å². The van der Waals surface area contributed by atoms with Crippen molar-refractivity contribution in [2.45, 2.75) is 31.1 Å². The first-order valence-corrected chi connectivity index (χ1v) is 12.0. The smallest absolute Gasteiger partial charge is 0.147 e. The number of aromatic nitrogens is 1. The third-order valence-corrected chi connectivity index (χ3v) is 8.04. The zero-order valence-corrected chi connectivity index (χ0v) is 18.7. The number of aromatic amines is 1. The third-order valence-electron chi connectivity index (χ3n) is 8.04. The average molecular weight is 441 g/mol. The van der Waals surface area contributed by atoms with E-state index in [9.17, 15) is 9.50 Å². The number of aromatic hydroxyl groups is 1. The summed E-state index contributed by atoms with van der Waals surface area (Å²) < 4.78 is 14.6. The summed E-state index contributed by atoms with van der Waals surface area (Å²) in [5, 5.41) is 11.3. The number of fused-ring (bicyclic) bond motifs is 4. The van der Waals surface area contributed by atoms with Gasteiger partial charge in [-0.2, -0.15) is 0 Å². The Morgan fingerprint density at radius 2 is 1.88 bits per heavy atom. The number of phenolic OH excluding ortho intramolecular Hbond substituents is 1. The predicted molar refractivity (Wildman–Crippen MR) is 130 cm³/mol. The Hall–Kier alpha value is -3.11. The lowest BCUT2D eigenvalue weighted by Crippen LogP contribution is -2.54. The highest BCUT2D eigenvalue weighted by atomic mass is 19.1. The number of hydrogen-bond donors (Lipinski definition) is 2. The predicted octanol–water partition coefficient (Wildman–Crippen LogP) is 5.61. The highest BCUT2D eigenvalue weighted by Crippen LogP contribution is 2.49. The first-order valence-electron chi connectivity index (χ1n) is 12.0. The van der Waals surface area contributed by atoms with Crippen LogP contribution in [0.15, 0.2) is 72.8 Å². The van der Waals surface area contributed by atoms with Crippen molar-refractivity contribution < 1.29 is 9.50 Å². The molecule has 3 nitrogen and oxygen atoms in total. The van der Waals surface area contributed by atoms with Crippen molar-refractivity contribution in [3.63, 3.8) is 0 Å². The maximum Gasteiger partial charge on any atom is 0.147 e. The summed E-state index contributed by atoms with van der Waals surface area (Å²) in [7, 11) is 0. The Morgan fingerprint density at radius 1 is 1.03 bits per heavy atom. The van der Waals surface area contributed by atoms with E-state index in [0.29, 0.717) is 17.2 Å². The maximum atomic E-state index is 14.6. The molecule has 168 valence electrons. The highest BCUT2D eigenvalue weighted by Gasteiger charge is 2.48. The van der Waals surface area contributed by atoms with Gasteiger partial charge in [-0.1, -0.05) is 54.6 Å². The number of hydrogen-bond acceptors (Lipinski definition) is 2. The van der Waals surface area contributed by atoms with Gasteiger partial charge in [-0.05, 0) is 73.0 Å². The Balaban J connectivity index is 1.36. The molecule has 1 aromatic heterocycles. The van der Waals surface area contributed by atoms with Gasteiger partial charge >= 0.3 is 0 Å². The number of benzene rings is 3. The number of para-hydroxylation sites is 1. The van der Waals surface area contributed by atoms with Crippen molar-refractivity contribution in [2.75, 3.05) is 19.6 Å². The molecule has 2 N–H and O–H groups in total. The number of nitrogens with one attached hydrogen (secondary N) is 1. The molecule has 1 saturated heterocycles. The molecule has 2 atom stereocenters. The van der Waals surface area contributed by atoms with Crippen LogP contribution in [0.2, 0.25) is 0 Å². The molecule has 1 fully saturated rings. The number of H-pyrrole nitrogens is 1. The molecule has 4 aromatic rings. The number of piperidine rings is 1. The fourth-order valence-corrected chi connectivity index (χ4v) is 6.30. The molecular weight excluding hydrogens is 411 g/mol. The highest BCUT2D eigenvalue weighted by molar-refractivity contribution is 5.85. The summed E-state index contributed by atoms with van der Waals surface area (Å²) in [4.78, 5) is 6.03. The van der Waals surface area contributed by atoms with E-state index in [4.69, 9.17) is 0 Å². The number of likely N-dealkylation sites (tertiary alicyclic amines) is 1. The van der Waals surface area contributed by atoms with E-state index in [1.165, 1.54) is 22.8 Å². The van der Waals surface area contributed by atoms with Gasteiger partial charge in [0.2, 0.25) is 0 Å². The SMILES string of the molecule is Oc1cccc(C23CCN(CCc4ccccc4)CC2Cc2c([nH]c4c(F)cccc24)C3)c1. The van der Waals surface area contributed by atoms with Crippen LogP contribution in [0.3, 0.4) is 0 Å². The molecule has 0 spiro atoms. The molecule has 1 aliphatic carbocycles. The molecule has 33 heavy (non-hydrogen) atoms. The standard InChI is InChI=1S/C29H29FN2O/c30-26-11-5-10-24-25-17-22-19-32(14-12-20-6-2-1-3-7-20)15-13-29(22,18-27(25)31-28(24)26)21-8-4-9-23(33)16-21/h1-11,16,22,31,33H,12-15,17-19H2. The number of phenols is 1. The van der Waals surface area contributed by atoms with Crippen LogP contribution in [-0.4, -0.2) is 34.6 Å². The number of halogens is 1. The second-order valence-corrected chi connectivity index (χ2v) is 9.82. The normalized spacial score (nSPS) is 22.8. The molecule has 2 aliphatic rings. The van der Waals surface area contributed by atoms with E-state index in [1.54, 1.807) is 6.07 Å². The fourth-order valence-electron chi connectivity index (χ4n) is 6.30. The summed E-state index contributed by atoms with van der Waals surface area (Å²) in [6.07, 6.45) is 3.87. The molecular formula is C29H29FN2O. The van der Waals surface area contributed by atoms with Crippen LogP contribution in [0.1, 0.15) is 28.8 Å². The average Bonchev–Trinajstić information content (AvgIpc) is 3.20. The van der Waals surface area contributed by atoms with E-state index in [0.717, 1.165) is 56.4 Å². The Morgan fingerprint density at radius 3 is 2.73 bits per heavy atom. The van der Waals surface area contributed by atoms with Crippen LogP contribution in [0.25, 0.3) is 10.9 Å². The first-order chi connectivity index (χ1) is 16.1. The molecule has 0 radical (unpaired) electrons. The number of rotatable bonds is 4. The minimum Gasteiger partial charge on any atom is -0.508 e. The Bertz CT molecular complexity index is 1300. The second-order valence-electron chi connectivity index (χ2n) is 9.82. The molecule has 0 amide bonds. The zero-order valence-electron chi connectivity index (χ0n) is 18.7. The van der Waals surface area contributed by atoms with Gasteiger partial charge < -0.3 is 15.0 Å². The largest absolute Gasteiger partial charge is 0.508 e. The summed E-state index contributed by atoms with van der Waals surface area (Å²) in [5.41, 5.74) is 5.60. The molecule has 0 saturated carbocycles. The summed E-state index contributed by atoms with van der Waals surface area (Å²) in [6, 6.07) is 23.9. The first kappa shape index (κ1) is 20.5.